The molecular weight excluding hydrogens is 244 g/mol. The molecular formula is C15H23ClN2. The second kappa shape index (κ2) is 5.50. The Balaban J connectivity index is 2.18. The fourth-order valence-electron chi connectivity index (χ4n) is 2.57. The van der Waals surface area contributed by atoms with Crippen molar-refractivity contribution in [3.8, 4) is 0 Å². The Bertz CT molecular complexity index is 405. The summed E-state index contributed by atoms with van der Waals surface area (Å²) in [5.74, 6) is 0. The zero-order valence-electron chi connectivity index (χ0n) is 11.4. The van der Waals surface area contributed by atoms with Crippen molar-refractivity contribution in [1.82, 2.24) is 0 Å². The van der Waals surface area contributed by atoms with Gasteiger partial charge < -0.3 is 10.6 Å². The van der Waals surface area contributed by atoms with E-state index in [1.165, 1.54) is 24.1 Å². The van der Waals surface area contributed by atoms with Crippen molar-refractivity contribution in [2.24, 2.45) is 11.1 Å². The lowest BCUT2D eigenvalue weighted by Gasteiger charge is -2.39. The Morgan fingerprint density at radius 2 is 1.94 bits per heavy atom. The number of benzene rings is 1. The van der Waals surface area contributed by atoms with Gasteiger partial charge in [0.1, 0.15) is 0 Å². The molecule has 0 bridgehead atoms. The standard InChI is InChI=1S/C15H23ClN2/c1-15(2)6-9-18(10-7-15)14-4-3-13(16)11-12(14)5-8-17/h3-4,11H,5-10,17H2,1-2H3. The third-order valence-corrected chi connectivity index (χ3v) is 4.15. The number of halogens is 1. The molecule has 0 amide bonds. The SMILES string of the molecule is CC1(C)CCN(c2ccc(Cl)cc2CCN)CC1. The fraction of sp³-hybridized carbons (Fsp3) is 0.600. The molecule has 0 unspecified atom stereocenters. The topological polar surface area (TPSA) is 29.3 Å². The first-order valence-electron chi connectivity index (χ1n) is 6.75. The van der Waals surface area contributed by atoms with Crippen molar-refractivity contribution in [1.29, 1.82) is 0 Å². The van der Waals surface area contributed by atoms with Crippen molar-refractivity contribution in [3.05, 3.63) is 28.8 Å². The van der Waals surface area contributed by atoms with Crippen LogP contribution >= 0.6 is 11.6 Å². The predicted molar refractivity (Wildman–Crippen MR) is 79.4 cm³/mol. The molecule has 0 radical (unpaired) electrons. The molecule has 0 aromatic heterocycles. The van der Waals surface area contributed by atoms with E-state index in [4.69, 9.17) is 17.3 Å². The first-order valence-corrected chi connectivity index (χ1v) is 7.13. The lowest BCUT2D eigenvalue weighted by molar-refractivity contribution is 0.279. The molecule has 1 aliphatic rings. The molecule has 0 saturated carbocycles. The number of anilines is 1. The van der Waals surface area contributed by atoms with E-state index in [9.17, 15) is 0 Å². The quantitative estimate of drug-likeness (QED) is 0.908. The molecule has 1 saturated heterocycles. The van der Waals surface area contributed by atoms with E-state index >= 15 is 0 Å². The molecule has 1 aromatic carbocycles. The molecule has 2 N–H and O–H groups in total. The van der Waals surface area contributed by atoms with Crippen LogP contribution in [0.1, 0.15) is 32.3 Å². The Kier molecular flexibility index (Phi) is 4.18. The third-order valence-electron chi connectivity index (χ3n) is 3.91. The summed E-state index contributed by atoms with van der Waals surface area (Å²) >= 11 is 6.08. The van der Waals surface area contributed by atoms with Crippen LogP contribution in [-0.2, 0) is 6.42 Å². The molecule has 100 valence electrons. The molecule has 1 heterocycles. The van der Waals surface area contributed by atoms with E-state index in [2.05, 4.69) is 30.9 Å². The highest BCUT2D eigenvalue weighted by Gasteiger charge is 2.26. The number of hydrogen-bond donors (Lipinski definition) is 1. The van der Waals surface area contributed by atoms with E-state index in [0.29, 0.717) is 12.0 Å². The molecule has 1 aromatic rings. The summed E-state index contributed by atoms with van der Waals surface area (Å²) in [7, 11) is 0. The molecule has 0 spiro atoms. The first-order chi connectivity index (χ1) is 8.52. The Hall–Kier alpha value is -0.730. The minimum absolute atomic E-state index is 0.483. The Morgan fingerprint density at radius 3 is 2.56 bits per heavy atom. The van der Waals surface area contributed by atoms with E-state index in [1.54, 1.807) is 0 Å². The molecule has 3 heteroatoms. The highest BCUT2D eigenvalue weighted by molar-refractivity contribution is 6.30. The molecule has 2 rings (SSSR count). The van der Waals surface area contributed by atoms with Crippen LogP contribution in [0.3, 0.4) is 0 Å². The van der Waals surface area contributed by atoms with Crippen molar-refractivity contribution in [2.75, 3.05) is 24.5 Å². The maximum absolute atomic E-state index is 6.08. The predicted octanol–water partition coefficient (Wildman–Crippen LogP) is 3.47. The number of rotatable bonds is 3. The van der Waals surface area contributed by atoms with Crippen LogP contribution in [0.2, 0.25) is 5.02 Å². The van der Waals surface area contributed by atoms with Gasteiger partial charge in [-0.1, -0.05) is 25.4 Å². The fourth-order valence-corrected chi connectivity index (χ4v) is 2.77. The van der Waals surface area contributed by atoms with Crippen LogP contribution < -0.4 is 10.6 Å². The minimum atomic E-state index is 0.483. The number of nitrogens with zero attached hydrogens (tertiary/aromatic N) is 1. The molecule has 1 aliphatic heterocycles. The van der Waals surface area contributed by atoms with Gasteiger partial charge in [-0.3, -0.25) is 0 Å². The Labute approximate surface area is 115 Å². The molecule has 1 fully saturated rings. The van der Waals surface area contributed by atoms with Gasteiger partial charge in [-0.2, -0.15) is 0 Å². The highest BCUT2D eigenvalue weighted by Crippen LogP contribution is 2.34. The van der Waals surface area contributed by atoms with Crippen molar-refractivity contribution in [3.63, 3.8) is 0 Å². The van der Waals surface area contributed by atoms with E-state index < -0.39 is 0 Å². The van der Waals surface area contributed by atoms with Gasteiger partial charge in [0, 0.05) is 23.8 Å². The Morgan fingerprint density at radius 1 is 1.28 bits per heavy atom. The maximum Gasteiger partial charge on any atom is 0.0410 e. The normalized spacial score (nSPS) is 19.0. The van der Waals surface area contributed by atoms with Crippen molar-refractivity contribution in [2.45, 2.75) is 33.1 Å². The second-order valence-corrected chi connectivity index (χ2v) is 6.40. The van der Waals surface area contributed by atoms with Gasteiger partial charge in [-0.15, -0.1) is 0 Å². The van der Waals surface area contributed by atoms with Gasteiger partial charge >= 0.3 is 0 Å². The summed E-state index contributed by atoms with van der Waals surface area (Å²) in [5, 5.41) is 0.805. The molecule has 2 nitrogen and oxygen atoms in total. The first kappa shape index (κ1) is 13.7. The molecule has 18 heavy (non-hydrogen) atoms. The van der Waals surface area contributed by atoms with Crippen molar-refractivity contribution >= 4 is 17.3 Å². The summed E-state index contributed by atoms with van der Waals surface area (Å²) in [6.07, 6.45) is 3.39. The van der Waals surface area contributed by atoms with Gasteiger partial charge in [-0.05, 0) is 55.0 Å². The summed E-state index contributed by atoms with van der Waals surface area (Å²) < 4.78 is 0. The lowest BCUT2D eigenvalue weighted by Crippen LogP contribution is -2.37. The average Bonchev–Trinajstić information content (AvgIpc) is 2.31. The van der Waals surface area contributed by atoms with Gasteiger partial charge in [0.15, 0.2) is 0 Å². The number of hydrogen-bond acceptors (Lipinski definition) is 2. The summed E-state index contributed by atoms with van der Waals surface area (Å²) in [5.41, 5.74) is 8.78. The second-order valence-electron chi connectivity index (χ2n) is 5.96. The van der Waals surface area contributed by atoms with Crippen LogP contribution in [0.5, 0.6) is 0 Å². The van der Waals surface area contributed by atoms with E-state index in [-0.39, 0.29) is 0 Å². The monoisotopic (exact) mass is 266 g/mol. The maximum atomic E-state index is 6.08. The summed E-state index contributed by atoms with van der Waals surface area (Å²) in [6, 6.07) is 6.19. The zero-order chi connectivity index (χ0) is 13.2. The highest BCUT2D eigenvalue weighted by atomic mass is 35.5. The molecule has 0 atom stereocenters. The van der Waals surface area contributed by atoms with Crippen LogP contribution in [0.15, 0.2) is 18.2 Å². The van der Waals surface area contributed by atoms with Gasteiger partial charge in [0.2, 0.25) is 0 Å². The van der Waals surface area contributed by atoms with Gasteiger partial charge in [-0.25, -0.2) is 0 Å². The summed E-state index contributed by atoms with van der Waals surface area (Å²) in [6.45, 7) is 7.64. The number of piperidine rings is 1. The average molecular weight is 267 g/mol. The smallest absolute Gasteiger partial charge is 0.0410 e. The lowest BCUT2D eigenvalue weighted by atomic mass is 9.82. The van der Waals surface area contributed by atoms with E-state index in [1.807, 2.05) is 6.07 Å². The largest absolute Gasteiger partial charge is 0.371 e. The van der Waals surface area contributed by atoms with Gasteiger partial charge in [0.05, 0.1) is 0 Å². The van der Waals surface area contributed by atoms with Crippen LogP contribution in [0.4, 0.5) is 5.69 Å². The van der Waals surface area contributed by atoms with Crippen LogP contribution in [0, 0.1) is 5.41 Å². The van der Waals surface area contributed by atoms with Crippen molar-refractivity contribution < 1.29 is 0 Å². The van der Waals surface area contributed by atoms with E-state index in [0.717, 1.165) is 24.5 Å². The van der Waals surface area contributed by atoms with Crippen LogP contribution in [0.25, 0.3) is 0 Å². The molecule has 0 aliphatic carbocycles. The number of nitrogens with two attached hydrogens (primary N) is 1. The zero-order valence-corrected chi connectivity index (χ0v) is 12.1. The van der Waals surface area contributed by atoms with Crippen LogP contribution in [-0.4, -0.2) is 19.6 Å². The van der Waals surface area contributed by atoms with Gasteiger partial charge in [0.25, 0.3) is 0 Å². The summed E-state index contributed by atoms with van der Waals surface area (Å²) in [4.78, 5) is 2.48. The third kappa shape index (κ3) is 3.18. The minimum Gasteiger partial charge on any atom is -0.371 e.